The summed E-state index contributed by atoms with van der Waals surface area (Å²) in [7, 11) is 1.81. The van der Waals surface area contributed by atoms with Gasteiger partial charge in [0.05, 0.1) is 11.8 Å². The molecule has 0 bridgehead atoms. The van der Waals surface area contributed by atoms with Crippen LogP contribution in [0.2, 0.25) is 0 Å². The number of ketones is 1. The zero-order chi connectivity index (χ0) is 15.3. The van der Waals surface area contributed by atoms with Gasteiger partial charge in [-0.15, -0.1) is 0 Å². The quantitative estimate of drug-likeness (QED) is 0.800. The zero-order valence-electron chi connectivity index (χ0n) is 13.1. The number of rotatable bonds is 4. The van der Waals surface area contributed by atoms with E-state index < -0.39 is 0 Å². The molecule has 3 fully saturated rings. The average Bonchev–Trinajstić information content (AvgIpc) is 2.97. The number of aromatic nitrogens is 2. The minimum Gasteiger partial charge on any atom is -0.339 e. The number of aryl methyl sites for hydroxylation is 1. The highest BCUT2D eigenvalue weighted by molar-refractivity contribution is 5.96. The van der Waals surface area contributed by atoms with Crippen LogP contribution in [-0.2, 0) is 11.8 Å². The first-order chi connectivity index (χ1) is 10.6. The van der Waals surface area contributed by atoms with Crippen LogP contribution in [0.25, 0.3) is 0 Å². The molecule has 1 amide bonds. The number of carbonyl (C=O) groups excluding carboxylic acids is 2. The van der Waals surface area contributed by atoms with Crippen molar-refractivity contribution in [2.75, 3.05) is 6.54 Å². The van der Waals surface area contributed by atoms with Crippen molar-refractivity contribution in [2.24, 2.45) is 24.8 Å². The van der Waals surface area contributed by atoms with Gasteiger partial charge in [-0.2, -0.15) is 5.10 Å². The molecule has 0 radical (unpaired) electrons. The number of carbonyl (C=O) groups is 2. The Labute approximate surface area is 130 Å². The van der Waals surface area contributed by atoms with Crippen molar-refractivity contribution >= 4 is 11.7 Å². The Morgan fingerprint density at radius 2 is 2.00 bits per heavy atom. The second-order valence-corrected chi connectivity index (χ2v) is 7.14. The van der Waals surface area contributed by atoms with E-state index in [4.69, 9.17) is 0 Å². The van der Waals surface area contributed by atoms with Crippen LogP contribution in [0.4, 0.5) is 0 Å². The van der Waals surface area contributed by atoms with E-state index in [1.165, 1.54) is 19.3 Å². The van der Waals surface area contributed by atoms with E-state index in [1.807, 2.05) is 11.9 Å². The fourth-order valence-electron chi connectivity index (χ4n) is 4.61. The lowest BCUT2D eigenvalue weighted by Gasteiger charge is -2.25. The highest BCUT2D eigenvalue weighted by atomic mass is 16.2. The van der Waals surface area contributed by atoms with E-state index in [1.54, 1.807) is 17.1 Å². The van der Waals surface area contributed by atoms with Gasteiger partial charge in [0.2, 0.25) is 5.91 Å². The molecule has 4 rings (SSSR count). The lowest BCUT2D eigenvalue weighted by atomic mass is 10.0. The molecule has 5 heteroatoms. The summed E-state index contributed by atoms with van der Waals surface area (Å²) < 4.78 is 1.65. The van der Waals surface area contributed by atoms with Gasteiger partial charge < -0.3 is 4.90 Å². The molecule has 1 aliphatic heterocycles. The molecule has 2 heterocycles. The van der Waals surface area contributed by atoms with Crippen LogP contribution in [0.15, 0.2) is 12.4 Å². The molecule has 1 aromatic heterocycles. The third-order valence-electron chi connectivity index (χ3n) is 5.80. The largest absolute Gasteiger partial charge is 0.339 e. The van der Waals surface area contributed by atoms with Crippen molar-refractivity contribution in [1.82, 2.24) is 14.7 Å². The molecule has 0 N–H and O–H groups in total. The maximum atomic E-state index is 12.8. The van der Waals surface area contributed by atoms with Crippen molar-refractivity contribution in [1.29, 1.82) is 0 Å². The van der Waals surface area contributed by atoms with E-state index in [9.17, 15) is 9.59 Å². The smallest absolute Gasteiger partial charge is 0.226 e. The van der Waals surface area contributed by atoms with Crippen molar-refractivity contribution in [3.63, 3.8) is 0 Å². The number of hydrogen-bond donors (Lipinski definition) is 0. The number of Topliss-reactive ketones (excluding diaryl/α,β-unsaturated/α-hetero) is 1. The Balaban J connectivity index is 1.41. The molecule has 5 nitrogen and oxygen atoms in total. The molecular formula is C17H23N3O2. The number of nitrogens with zero attached hydrogens (tertiary/aromatic N) is 3. The van der Waals surface area contributed by atoms with E-state index >= 15 is 0 Å². The fourth-order valence-corrected chi connectivity index (χ4v) is 4.61. The Morgan fingerprint density at radius 1 is 1.23 bits per heavy atom. The first kappa shape index (κ1) is 14.0. The number of amides is 1. The summed E-state index contributed by atoms with van der Waals surface area (Å²) in [6.07, 6.45) is 9.56. The fraction of sp³-hybridized carbons (Fsp3) is 0.706. The Kier molecular flexibility index (Phi) is 3.31. The van der Waals surface area contributed by atoms with Crippen molar-refractivity contribution < 1.29 is 9.59 Å². The summed E-state index contributed by atoms with van der Waals surface area (Å²) in [5.74, 6) is 2.03. The first-order valence-electron chi connectivity index (χ1n) is 8.47. The number of likely N-dealkylation sites (tertiary alicyclic amines) is 1. The summed E-state index contributed by atoms with van der Waals surface area (Å²) in [6.45, 7) is 0.833. The molecule has 0 aromatic carbocycles. The summed E-state index contributed by atoms with van der Waals surface area (Å²) in [6, 6.07) is 0.0986. The van der Waals surface area contributed by atoms with Gasteiger partial charge in [0.15, 0.2) is 5.78 Å². The second kappa shape index (κ2) is 5.21. The van der Waals surface area contributed by atoms with Gasteiger partial charge in [-0.25, -0.2) is 0 Å². The minimum atomic E-state index is 0.0986. The lowest BCUT2D eigenvalue weighted by Crippen LogP contribution is -2.38. The molecule has 22 heavy (non-hydrogen) atoms. The van der Waals surface area contributed by atoms with Crippen LogP contribution in [0.5, 0.6) is 0 Å². The minimum absolute atomic E-state index is 0.0986. The van der Waals surface area contributed by atoms with Gasteiger partial charge in [-0.1, -0.05) is 6.42 Å². The molecule has 2 aliphatic carbocycles. The molecule has 2 saturated carbocycles. The predicted octanol–water partition coefficient (Wildman–Crippen LogP) is 2.03. The Bertz CT molecular complexity index is 599. The van der Waals surface area contributed by atoms with E-state index in [0.29, 0.717) is 29.7 Å². The van der Waals surface area contributed by atoms with E-state index in [2.05, 4.69) is 5.10 Å². The van der Waals surface area contributed by atoms with Crippen LogP contribution in [-0.4, -0.2) is 39.0 Å². The second-order valence-electron chi connectivity index (χ2n) is 7.14. The van der Waals surface area contributed by atoms with Crippen LogP contribution in [0.1, 0.15) is 48.9 Å². The summed E-state index contributed by atoms with van der Waals surface area (Å²) in [4.78, 5) is 27.1. The molecule has 0 spiro atoms. The van der Waals surface area contributed by atoms with Gasteiger partial charge in [-0.3, -0.25) is 14.3 Å². The van der Waals surface area contributed by atoms with Crippen LogP contribution >= 0.6 is 0 Å². The van der Waals surface area contributed by atoms with Crippen molar-refractivity contribution in [3.8, 4) is 0 Å². The van der Waals surface area contributed by atoms with E-state index in [-0.39, 0.29) is 17.7 Å². The Hall–Kier alpha value is -1.65. The first-order valence-corrected chi connectivity index (χ1v) is 8.47. The zero-order valence-corrected chi connectivity index (χ0v) is 13.1. The monoisotopic (exact) mass is 301 g/mol. The molecular weight excluding hydrogens is 278 g/mol. The topological polar surface area (TPSA) is 55.2 Å². The predicted molar refractivity (Wildman–Crippen MR) is 81.2 cm³/mol. The van der Waals surface area contributed by atoms with Crippen LogP contribution in [0, 0.1) is 17.8 Å². The van der Waals surface area contributed by atoms with E-state index in [0.717, 1.165) is 19.4 Å². The average molecular weight is 301 g/mol. The molecule has 1 aromatic rings. The Morgan fingerprint density at radius 3 is 2.68 bits per heavy atom. The highest BCUT2D eigenvalue weighted by Crippen LogP contribution is 2.58. The number of hydrogen-bond acceptors (Lipinski definition) is 3. The SMILES string of the molecule is Cn1cc(C(=O)CC2CCCN2C(=O)C2C3CCCC32)cn1. The van der Waals surface area contributed by atoms with Crippen molar-refractivity contribution in [3.05, 3.63) is 18.0 Å². The van der Waals surface area contributed by atoms with Gasteiger partial charge >= 0.3 is 0 Å². The maximum Gasteiger partial charge on any atom is 0.226 e. The molecule has 1 saturated heterocycles. The highest BCUT2D eigenvalue weighted by Gasteiger charge is 2.58. The third-order valence-corrected chi connectivity index (χ3v) is 5.80. The van der Waals surface area contributed by atoms with Gasteiger partial charge in [0.1, 0.15) is 0 Å². The molecule has 118 valence electrons. The summed E-state index contributed by atoms with van der Waals surface area (Å²) >= 11 is 0. The summed E-state index contributed by atoms with van der Waals surface area (Å²) in [5.41, 5.74) is 0.657. The molecule has 3 aliphatic rings. The third kappa shape index (κ3) is 2.27. The molecule has 3 atom stereocenters. The standard InChI is InChI=1S/C17H23N3O2/c1-19-10-11(9-18-19)15(21)8-12-4-3-7-20(12)17(22)16-13-5-2-6-14(13)16/h9-10,12-14,16H,2-8H2,1H3. The number of fused-ring (bicyclic) bond motifs is 1. The van der Waals surface area contributed by atoms with Crippen molar-refractivity contribution in [2.45, 2.75) is 44.6 Å². The van der Waals surface area contributed by atoms with Crippen LogP contribution in [0.3, 0.4) is 0 Å². The normalized spacial score (nSPS) is 33.0. The maximum absolute atomic E-state index is 12.8. The van der Waals surface area contributed by atoms with Gasteiger partial charge in [0, 0.05) is 38.2 Å². The van der Waals surface area contributed by atoms with Gasteiger partial charge in [-0.05, 0) is 37.5 Å². The summed E-state index contributed by atoms with van der Waals surface area (Å²) in [5, 5.41) is 4.06. The lowest BCUT2D eigenvalue weighted by molar-refractivity contribution is -0.134. The van der Waals surface area contributed by atoms with Gasteiger partial charge in [0.25, 0.3) is 0 Å². The van der Waals surface area contributed by atoms with Crippen LogP contribution < -0.4 is 0 Å². The molecule has 3 unspecified atom stereocenters.